The molecule has 2 heterocycles. The van der Waals surface area contributed by atoms with Crippen molar-refractivity contribution in [3.8, 4) is 0 Å². The number of thioether (sulfide) groups is 1. The van der Waals surface area contributed by atoms with Crippen LogP contribution in [0.15, 0.2) is 5.16 Å². The van der Waals surface area contributed by atoms with Crippen LogP contribution in [-0.4, -0.2) is 33.1 Å². The first-order valence-corrected chi connectivity index (χ1v) is 7.90. The maximum Gasteiger partial charge on any atom is 0.191 e. The van der Waals surface area contributed by atoms with E-state index in [1.807, 2.05) is 18.8 Å². The van der Waals surface area contributed by atoms with Crippen LogP contribution in [0.5, 0.6) is 0 Å². The highest BCUT2D eigenvalue weighted by Gasteiger charge is 2.20. The Bertz CT molecular complexity index is 373. The van der Waals surface area contributed by atoms with Crippen LogP contribution in [-0.2, 0) is 13.0 Å². The van der Waals surface area contributed by atoms with E-state index in [9.17, 15) is 0 Å². The minimum atomic E-state index is 0.525. The molecule has 5 heteroatoms. The molecule has 102 valence electrons. The van der Waals surface area contributed by atoms with Crippen LogP contribution < -0.4 is 5.32 Å². The summed E-state index contributed by atoms with van der Waals surface area (Å²) in [5.41, 5.74) is 0. The topological polar surface area (TPSA) is 42.7 Å². The standard InChI is InChI=1S/C13H24N4S/c1-4-11(14-3)10(2)18-13-16-15-12-8-6-5-7-9-17(12)13/h10-11,14H,4-9H2,1-3H3. The van der Waals surface area contributed by atoms with E-state index in [1.54, 1.807) is 0 Å². The SMILES string of the molecule is CCC(NC)C(C)Sc1nnc2n1CCCCC2. The van der Waals surface area contributed by atoms with Crippen LogP contribution in [0.1, 0.15) is 45.4 Å². The second kappa shape index (κ2) is 6.57. The fraction of sp³-hybridized carbons (Fsp3) is 0.846. The summed E-state index contributed by atoms with van der Waals surface area (Å²) < 4.78 is 2.33. The van der Waals surface area contributed by atoms with E-state index < -0.39 is 0 Å². The molecule has 0 aliphatic carbocycles. The van der Waals surface area contributed by atoms with Gasteiger partial charge in [-0.15, -0.1) is 10.2 Å². The van der Waals surface area contributed by atoms with Gasteiger partial charge in [-0.2, -0.15) is 0 Å². The highest BCUT2D eigenvalue weighted by atomic mass is 32.2. The van der Waals surface area contributed by atoms with Gasteiger partial charge in [0.15, 0.2) is 5.16 Å². The van der Waals surface area contributed by atoms with Crippen molar-refractivity contribution in [2.24, 2.45) is 0 Å². The van der Waals surface area contributed by atoms with Gasteiger partial charge in [-0.3, -0.25) is 0 Å². The lowest BCUT2D eigenvalue weighted by Gasteiger charge is -2.21. The maximum atomic E-state index is 4.38. The summed E-state index contributed by atoms with van der Waals surface area (Å²) in [6.45, 7) is 5.59. The zero-order valence-electron chi connectivity index (χ0n) is 11.6. The normalized spacial score (nSPS) is 19.1. The Kier molecular flexibility index (Phi) is 5.06. The molecule has 0 spiro atoms. The minimum absolute atomic E-state index is 0.525. The molecule has 18 heavy (non-hydrogen) atoms. The van der Waals surface area contributed by atoms with Crippen LogP contribution in [0.2, 0.25) is 0 Å². The van der Waals surface area contributed by atoms with Gasteiger partial charge >= 0.3 is 0 Å². The molecule has 2 unspecified atom stereocenters. The van der Waals surface area contributed by atoms with Gasteiger partial charge in [0.2, 0.25) is 0 Å². The van der Waals surface area contributed by atoms with Gasteiger partial charge in [-0.25, -0.2) is 0 Å². The molecule has 2 rings (SSSR count). The van der Waals surface area contributed by atoms with Gasteiger partial charge in [0.1, 0.15) is 5.82 Å². The number of hydrogen-bond donors (Lipinski definition) is 1. The van der Waals surface area contributed by atoms with Crippen LogP contribution in [0, 0.1) is 0 Å². The minimum Gasteiger partial charge on any atom is -0.316 e. The average molecular weight is 268 g/mol. The first-order valence-electron chi connectivity index (χ1n) is 7.02. The van der Waals surface area contributed by atoms with Gasteiger partial charge < -0.3 is 9.88 Å². The smallest absolute Gasteiger partial charge is 0.191 e. The summed E-state index contributed by atoms with van der Waals surface area (Å²) in [4.78, 5) is 0. The monoisotopic (exact) mass is 268 g/mol. The van der Waals surface area contributed by atoms with Crippen molar-refractivity contribution in [2.75, 3.05) is 7.05 Å². The van der Waals surface area contributed by atoms with Crippen molar-refractivity contribution < 1.29 is 0 Å². The number of nitrogens with one attached hydrogen (secondary N) is 1. The summed E-state index contributed by atoms with van der Waals surface area (Å²) in [7, 11) is 2.04. The number of nitrogens with zero attached hydrogens (tertiary/aromatic N) is 3. The Morgan fingerprint density at radius 3 is 2.89 bits per heavy atom. The van der Waals surface area contributed by atoms with E-state index >= 15 is 0 Å². The Morgan fingerprint density at radius 1 is 1.33 bits per heavy atom. The second-order valence-corrected chi connectivity index (χ2v) is 6.33. The van der Waals surface area contributed by atoms with Gasteiger partial charge in [0.05, 0.1) is 0 Å². The predicted octanol–water partition coefficient (Wildman–Crippen LogP) is 2.48. The number of aromatic nitrogens is 3. The van der Waals surface area contributed by atoms with Crippen LogP contribution in [0.4, 0.5) is 0 Å². The van der Waals surface area contributed by atoms with Crippen molar-refractivity contribution in [1.29, 1.82) is 0 Å². The summed E-state index contributed by atoms with van der Waals surface area (Å²) in [5, 5.41) is 13.7. The van der Waals surface area contributed by atoms with E-state index in [-0.39, 0.29) is 0 Å². The molecule has 1 aliphatic heterocycles. The second-order valence-electron chi connectivity index (χ2n) is 4.99. The Labute approximate surface area is 114 Å². The first-order chi connectivity index (χ1) is 8.76. The number of aryl methyl sites for hydroxylation is 1. The van der Waals surface area contributed by atoms with Gasteiger partial charge in [-0.05, 0) is 26.3 Å². The lowest BCUT2D eigenvalue weighted by atomic mass is 10.2. The molecule has 1 aliphatic rings. The molecule has 1 aromatic heterocycles. The van der Waals surface area contributed by atoms with Crippen LogP contribution in [0.3, 0.4) is 0 Å². The number of fused-ring (bicyclic) bond motifs is 1. The molecule has 0 saturated carbocycles. The van der Waals surface area contributed by atoms with Gasteiger partial charge in [0, 0.05) is 24.3 Å². The zero-order chi connectivity index (χ0) is 13.0. The molecular formula is C13H24N4S. The third kappa shape index (κ3) is 3.06. The third-order valence-corrected chi connectivity index (χ3v) is 4.96. The Balaban J connectivity index is 2.07. The summed E-state index contributed by atoms with van der Waals surface area (Å²) in [6, 6.07) is 0.536. The third-order valence-electron chi connectivity index (χ3n) is 3.74. The van der Waals surface area contributed by atoms with Gasteiger partial charge in [0.25, 0.3) is 0 Å². The van der Waals surface area contributed by atoms with E-state index in [1.165, 1.54) is 25.1 Å². The molecule has 2 atom stereocenters. The number of hydrogen-bond acceptors (Lipinski definition) is 4. The highest BCUT2D eigenvalue weighted by Crippen LogP contribution is 2.27. The fourth-order valence-electron chi connectivity index (χ4n) is 2.56. The van der Waals surface area contributed by atoms with Crippen molar-refractivity contribution in [3.05, 3.63) is 5.82 Å². The van der Waals surface area contributed by atoms with E-state index in [0.29, 0.717) is 11.3 Å². The molecule has 0 bridgehead atoms. The highest BCUT2D eigenvalue weighted by molar-refractivity contribution is 7.99. The molecule has 0 fully saturated rings. The maximum absolute atomic E-state index is 4.38. The van der Waals surface area contributed by atoms with Crippen molar-refractivity contribution >= 4 is 11.8 Å². The van der Waals surface area contributed by atoms with E-state index in [4.69, 9.17) is 0 Å². The van der Waals surface area contributed by atoms with Crippen molar-refractivity contribution in [1.82, 2.24) is 20.1 Å². The van der Waals surface area contributed by atoms with E-state index in [2.05, 4.69) is 33.9 Å². The first kappa shape index (κ1) is 13.9. The quantitative estimate of drug-likeness (QED) is 0.833. The molecule has 0 radical (unpaired) electrons. The summed E-state index contributed by atoms with van der Waals surface area (Å²) in [5.74, 6) is 1.18. The van der Waals surface area contributed by atoms with Crippen molar-refractivity contribution in [2.45, 2.75) is 68.9 Å². The summed E-state index contributed by atoms with van der Waals surface area (Å²) >= 11 is 1.86. The predicted molar refractivity (Wildman–Crippen MR) is 76.0 cm³/mol. The molecule has 1 aromatic rings. The van der Waals surface area contributed by atoms with Gasteiger partial charge in [-0.1, -0.05) is 32.0 Å². The Hall–Kier alpha value is -0.550. The molecule has 0 amide bonds. The molecule has 0 saturated heterocycles. The van der Waals surface area contributed by atoms with Crippen LogP contribution >= 0.6 is 11.8 Å². The summed E-state index contributed by atoms with van der Waals surface area (Å²) in [6.07, 6.45) is 6.07. The van der Waals surface area contributed by atoms with E-state index in [0.717, 1.165) is 24.5 Å². The van der Waals surface area contributed by atoms with Crippen LogP contribution in [0.25, 0.3) is 0 Å². The van der Waals surface area contributed by atoms with Crippen molar-refractivity contribution in [3.63, 3.8) is 0 Å². The molecular weight excluding hydrogens is 244 g/mol. The lowest BCUT2D eigenvalue weighted by molar-refractivity contribution is 0.537. The largest absolute Gasteiger partial charge is 0.316 e. The lowest BCUT2D eigenvalue weighted by Crippen LogP contribution is -2.33. The average Bonchev–Trinajstić information content (AvgIpc) is 2.61. The Morgan fingerprint density at radius 2 is 2.17 bits per heavy atom. The fourth-order valence-corrected chi connectivity index (χ4v) is 3.80. The zero-order valence-corrected chi connectivity index (χ0v) is 12.5. The molecule has 0 aromatic carbocycles. The molecule has 1 N–H and O–H groups in total. The number of rotatable bonds is 5. The molecule has 4 nitrogen and oxygen atoms in total.